The monoisotopic (exact) mass is 228 g/mol. The molecule has 4 heteroatoms. The molecule has 86 valence electrons. The zero-order chi connectivity index (χ0) is 10.9. The van der Waals surface area contributed by atoms with E-state index in [1.807, 2.05) is 16.7 Å². The molecule has 2 heterocycles. The summed E-state index contributed by atoms with van der Waals surface area (Å²) in [6.07, 6.45) is 3.45. The molecule has 0 aliphatic carbocycles. The maximum Gasteiger partial charge on any atom is 0.240 e. The summed E-state index contributed by atoms with van der Waals surface area (Å²) < 4.78 is 0.306. The minimum Gasteiger partial charge on any atom is -0.327 e. The zero-order valence-electron chi connectivity index (χ0n) is 9.58. The van der Waals surface area contributed by atoms with Gasteiger partial charge in [0.05, 0.1) is 12.7 Å². The van der Waals surface area contributed by atoms with Gasteiger partial charge in [0, 0.05) is 11.3 Å². The molecular weight excluding hydrogens is 208 g/mol. The van der Waals surface area contributed by atoms with E-state index >= 15 is 0 Å². The molecular formula is C11H20N2OS. The average Bonchev–Trinajstić information content (AvgIpc) is 2.76. The lowest BCUT2D eigenvalue weighted by molar-refractivity contribution is -0.129. The molecule has 1 amide bonds. The smallest absolute Gasteiger partial charge is 0.240 e. The van der Waals surface area contributed by atoms with Gasteiger partial charge >= 0.3 is 0 Å². The predicted molar refractivity (Wildman–Crippen MR) is 63.9 cm³/mol. The molecule has 2 aliphatic heterocycles. The van der Waals surface area contributed by atoms with Crippen LogP contribution < -0.4 is 5.32 Å². The van der Waals surface area contributed by atoms with Crippen LogP contribution in [0.5, 0.6) is 0 Å². The van der Waals surface area contributed by atoms with Crippen LogP contribution in [-0.4, -0.2) is 40.6 Å². The number of thioether (sulfide) groups is 1. The molecule has 0 aromatic rings. The van der Waals surface area contributed by atoms with E-state index < -0.39 is 0 Å². The van der Waals surface area contributed by atoms with Crippen molar-refractivity contribution in [2.75, 3.05) is 19.0 Å². The molecule has 2 saturated heterocycles. The highest BCUT2D eigenvalue weighted by molar-refractivity contribution is 8.00. The highest BCUT2D eigenvalue weighted by atomic mass is 32.2. The van der Waals surface area contributed by atoms with Crippen molar-refractivity contribution in [3.63, 3.8) is 0 Å². The molecule has 2 rings (SSSR count). The second kappa shape index (κ2) is 4.34. The second-order valence-corrected chi connectivity index (χ2v) is 6.44. The second-order valence-electron chi connectivity index (χ2n) is 4.76. The summed E-state index contributed by atoms with van der Waals surface area (Å²) in [4.78, 5) is 13.9. The van der Waals surface area contributed by atoms with Crippen molar-refractivity contribution in [1.29, 1.82) is 0 Å². The molecule has 2 atom stereocenters. The van der Waals surface area contributed by atoms with Crippen molar-refractivity contribution in [3.8, 4) is 0 Å². The number of nitrogens with one attached hydrogen (secondary N) is 1. The third-order valence-corrected chi connectivity index (χ3v) is 4.90. The van der Waals surface area contributed by atoms with Gasteiger partial charge in [-0.15, -0.1) is 0 Å². The first-order chi connectivity index (χ1) is 7.14. The minimum absolute atomic E-state index is 0.0694. The summed E-state index contributed by atoms with van der Waals surface area (Å²) in [5, 5.41) is 3.26. The lowest BCUT2D eigenvalue weighted by Crippen LogP contribution is -2.39. The van der Waals surface area contributed by atoms with E-state index in [2.05, 4.69) is 19.2 Å². The van der Waals surface area contributed by atoms with Crippen molar-refractivity contribution >= 4 is 17.7 Å². The van der Waals surface area contributed by atoms with Gasteiger partial charge in [-0.1, -0.05) is 6.92 Å². The van der Waals surface area contributed by atoms with Crippen molar-refractivity contribution in [2.45, 2.75) is 43.9 Å². The van der Waals surface area contributed by atoms with Crippen LogP contribution in [0.3, 0.4) is 0 Å². The van der Waals surface area contributed by atoms with Gasteiger partial charge in [0.2, 0.25) is 5.91 Å². The average molecular weight is 228 g/mol. The van der Waals surface area contributed by atoms with E-state index in [4.69, 9.17) is 0 Å². The first-order valence-corrected chi connectivity index (χ1v) is 6.79. The number of nitrogens with zero attached hydrogens (tertiary/aromatic N) is 1. The Bertz CT molecular complexity index is 251. The van der Waals surface area contributed by atoms with Crippen molar-refractivity contribution in [1.82, 2.24) is 10.2 Å². The third kappa shape index (κ3) is 2.31. The van der Waals surface area contributed by atoms with Crippen LogP contribution in [0.4, 0.5) is 0 Å². The largest absolute Gasteiger partial charge is 0.327 e. The topological polar surface area (TPSA) is 32.3 Å². The van der Waals surface area contributed by atoms with E-state index in [1.54, 1.807) is 0 Å². The molecule has 2 aliphatic rings. The van der Waals surface area contributed by atoms with E-state index in [9.17, 15) is 4.79 Å². The lowest BCUT2D eigenvalue weighted by atomic mass is 10.1. The SMILES string of the molecule is CCC1NCN(CC2(C)CCCS2)C1=O. The van der Waals surface area contributed by atoms with Crippen LogP contribution in [0.2, 0.25) is 0 Å². The molecule has 3 nitrogen and oxygen atoms in total. The summed E-state index contributed by atoms with van der Waals surface area (Å²) in [6, 6.07) is 0.0694. The fraction of sp³-hybridized carbons (Fsp3) is 0.909. The van der Waals surface area contributed by atoms with Gasteiger partial charge in [-0.05, 0) is 31.9 Å². The van der Waals surface area contributed by atoms with E-state index in [-0.39, 0.29) is 6.04 Å². The van der Waals surface area contributed by atoms with Gasteiger partial charge in [0.15, 0.2) is 0 Å². The predicted octanol–water partition coefficient (Wildman–Crippen LogP) is 1.44. The van der Waals surface area contributed by atoms with Gasteiger partial charge in [-0.3, -0.25) is 10.1 Å². The normalized spacial score (nSPS) is 36.5. The Morgan fingerprint density at radius 3 is 3.00 bits per heavy atom. The Morgan fingerprint density at radius 2 is 2.47 bits per heavy atom. The van der Waals surface area contributed by atoms with E-state index in [0.29, 0.717) is 10.7 Å². The van der Waals surface area contributed by atoms with Crippen LogP contribution in [0.25, 0.3) is 0 Å². The standard InChI is InChI=1S/C11H20N2OS/c1-3-9-10(14)13(8-12-9)7-11(2)5-4-6-15-11/h9,12H,3-8H2,1-2H3. The van der Waals surface area contributed by atoms with E-state index in [0.717, 1.165) is 19.6 Å². The molecule has 0 aromatic heterocycles. The summed E-state index contributed by atoms with van der Waals surface area (Å²) >= 11 is 2.02. The molecule has 15 heavy (non-hydrogen) atoms. The van der Waals surface area contributed by atoms with Gasteiger partial charge in [-0.2, -0.15) is 11.8 Å². The van der Waals surface area contributed by atoms with Crippen LogP contribution >= 0.6 is 11.8 Å². The van der Waals surface area contributed by atoms with Crippen LogP contribution in [-0.2, 0) is 4.79 Å². The molecule has 1 N–H and O–H groups in total. The van der Waals surface area contributed by atoms with Crippen molar-refractivity contribution < 1.29 is 4.79 Å². The molecule has 0 bridgehead atoms. The maximum absolute atomic E-state index is 11.9. The number of rotatable bonds is 3. The molecule has 0 aromatic carbocycles. The van der Waals surface area contributed by atoms with Crippen LogP contribution in [0.15, 0.2) is 0 Å². The Kier molecular flexibility index (Phi) is 3.26. The van der Waals surface area contributed by atoms with Crippen molar-refractivity contribution in [3.05, 3.63) is 0 Å². The first kappa shape index (κ1) is 11.3. The fourth-order valence-electron chi connectivity index (χ4n) is 2.42. The quantitative estimate of drug-likeness (QED) is 0.793. The summed E-state index contributed by atoms with van der Waals surface area (Å²) in [5.74, 6) is 1.55. The van der Waals surface area contributed by atoms with Crippen LogP contribution in [0.1, 0.15) is 33.1 Å². The zero-order valence-corrected chi connectivity index (χ0v) is 10.4. The minimum atomic E-state index is 0.0694. The highest BCUT2D eigenvalue weighted by Crippen LogP contribution is 2.38. The third-order valence-electron chi connectivity index (χ3n) is 3.37. The number of amides is 1. The summed E-state index contributed by atoms with van der Waals surface area (Å²) in [5.41, 5.74) is 0. The molecule has 2 fully saturated rings. The number of carbonyl (C=O) groups excluding carboxylic acids is 1. The van der Waals surface area contributed by atoms with E-state index in [1.165, 1.54) is 18.6 Å². The van der Waals surface area contributed by atoms with Gasteiger partial charge in [0.1, 0.15) is 0 Å². The Morgan fingerprint density at radius 1 is 1.67 bits per heavy atom. The maximum atomic E-state index is 11.9. The summed E-state index contributed by atoms with van der Waals surface area (Å²) in [7, 11) is 0. The molecule has 2 unspecified atom stereocenters. The van der Waals surface area contributed by atoms with Gasteiger partial charge in [0.25, 0.3) is 0 Å². The van der Waals surface area contributed by atoms with Gasteiger partial charge < -0.3 is 4.90 Å². The highest BCUT2D eigenvalue weighted by Gasteiger charge is 2.37. The first-order valence-electron chi connectivity index (χ1n) is 5.81. The Labute approximate surface area is 96.0 Å². The van der Waals surface area contributed by atoms with Gasteiger partial charge in [-0.25, -0.2) is 0 Å². The molecule has 0 radical (unpaired) electrons. The lowest BCUT2D eigenvalue weighted by Gasteiger charge is -2.28. The molecule has 0 saturated carbocycles. The summed E-state index contributed by atoms with van der Waals surface area (Å²) in [6.45, 7) is 6.01. The Balaban J connectivity index is 1.93. The number of hydrogen-bond acceptors (Lipinski definition) is 3. The number of hydrogen-bond donors (Lipinski definition) is 1. The van der Waals surface area contributed by atoms with Crippen molar-refractivity contribution in [2.24, 2.45) is 0 Å². The molecule has 0 spiro atoms. The fourth-order valence-corrected chi connectivity index (χ4v) is 3.74. The van der Waals surface area contributed by atoms with Crippen LogP contribution in [0, 0.1) is 0 Å². The number of carbonyl (C=O) groups is 1. The Hall–Kier alpha value is -0.220.